The van der Waals surface area contributed by atoms with Crippen LogP contribution in [0, 0.1) is 0 Å². The van der Waals surface area contributed by atoms with E-state index >= 15 is 0 Å². The molecule has 4 N–H and O–H groups in total. The minimum atomic E-state index is -0.483. The Morgan fingerprint density at radius 3 is 2.80 bits per heavy atom. The molecule has 0 saturated carbocycles. The average Bonchev–Trinajstić information content (AvgIpc) is 2.04. The Bertz CT molecular complexity index is 275. The first-order valence-corrected chi connectivity index (χ1v) is 2.82. The summed E-state index contributed by atoms with van der Waals surface area (Å²) in [7, 11) is 0. The minimum Gasteiger partial charge on any atom is -0.398 e. The van der Waals surface area contributed by atoms with Gasteiger partial charge in [0.05, 0.1) is 5.56 Å². The van der Waals surface area contributed by atoms with Gasteiger partial charge in [-0.2, -0.15) is 0 Å². The Hall–Kier alpha value is -1.51. The fraction of sp³-hybridized carbons (Fsp3) is 0. The summed E-state index contributed by atoms with van der Waals surface area (Å²) in [5.74, 6) is -0.483. The molecule has 10 heavy (non-hydrogen) atoms. The molecular weight excluding hydrogens is 128 g/mol. The molecule has 0 saturated heterocycles. The molecule has 0 atom stereocenters. The van der Waals surface area contributed by atoms with Gasteiger partial charge in [0.1, 0.15) is 0 Å². The lowest BCUT2D eigenvalue weighted by atomic mass is 10.2. The molecule has 1 aromatic rings. The van der Waals surface area contributed by atoms with E-state index in [1.54, 1.807) is 30.0 Å². The summed E-state index contributed by atoms with van der Waals surface area (Å²) in [6, 6.07) is 6.61. The molecule has 0 radical (unpaired) electrons. The topological polar surface area (TPSA) is 69.1 Å². The summed E-state index contributed by atoms with van der Waals surface area (Å²) in [5, 5.41) is 0. The Kier molecular flexibility index (Phi) is 1.26. The third kappa shape index (κ3) is 1.07. The van der Waals surface area contributed by atoms with Crippen molar-refractivity contribution >= 4 is 11.6 Å². The highest BCUT2D eigenvalue weighted by Crippen LogP contribution is 2.08. The van der Waals surface area contributed by atoms with Gasteiger partial charge >= 0.3 is 0 Å². The standard InChI is InChI=1S/C7H8N2O/c8-6-4-2-1-3-5(6)7(9)10/h1-4H,8H2,(H2,9,10)/i/hD. The van der Waals surface area contributed by atoms with Crippen molar-refractivity contribution in [3.05, 3.63) is 29.8 Å². The van der Waals surface area contributed by atoms with Crippen LogP contribution in [0.4, 0.5) is 5.69 Å². The van der Waals surface area contributed by atoms with Crippen molar-refractivity contribution in [3.8, 4) is 0 Å². The second-order valence-corrected chi connectivity index (χ2v) is 1.92. The number of primary amides is 1. The second-order valence-electron chi connectivity index (χ2n) is 1.92. The van der Waals surface area contributed by atoms with Crippen LogP contribution in [0.25, 0.3) is 0 Å². The van der Waals surface area contributed by atoms with E-state index in [4.69, 9.17) is 7.15 Å². The summed E-state index contributed by atoms with van der Waals surface area (Å²) in [4.78, 5) is 10.9. The van der Waals surface area contributed by atoms with Gasteiger partial charge < -0.3 is 11.5 Å². The highest BCUT2D eigenvalue weighted by Gasteiger charge is 2.01. The van der Waals surface area contributed by atoms with Crippen molar-refractivity contribution in [2.24, 2.45) is 5.73 Å². The number of nitrogens with two attached hydrogens (primary N) is 2. The molecule has 3 nitrogen and oxygen atoms in total. The molecule has 3 heteroatoms. The van der Waals surface area contributed by atoms with Gasteiger partial charge in [-0.15, -0.1) is 0 Å². The minimum absolute atomic E-state index is 0.336. The first-order valence-electron chi connectivity index (χ1n) is 3.32. The smallest absolute Gasteiger partial charge is 0.250 e. The number of carbonyl (C=O) groups excluding carboxylic acids is 1. The highest BCUT2D eigenvalue weighted by atomic mass is 16.1. The Labute approximate surface area is 60.1 Å². The molecule has 0 heterocycles. The number of carbonyl (C=O) groups is 1. The first kappa shape index (κ1) is 5.29. The van der Waals surface area contributed by atoms with E-state index in [-0.39, 0.29) is 0 Å². The normalized spacial score (nSPS) is 10.2. The van der Waals surface area contributed by atoms with E-state index in [1.807, 2.05) is 0 Å². The first-order chi connectivity index (χ1) is 5.25. The van der Waals surface area contributed by atoms with Crippen LogP contribution in [0.5, 0.6) is 0 Å². The Balaban J connectivity index is 3.03. The highest BCUT2D eigenvalue weighted by molar-refractivity contribution is 5.97. The number of amides is 1. The Morgan fingerprint density at radius 1 is 1.50 bits per heavy atom. The lowest BCUT2D eigenvalue weighted by molar-refractivity contribution is 0.100. The Morgan fingerprint density at radius 2 is 2.20 bits per heavy atom. The van der Waals surface area contributed by atoms with Crippen LogP contribution in [0.3, 0.4) is 0 Å². The number of anilines is 1. The molecule has 0 unspecified atom stereocenters. The summed E-state index contributed by atoms with van der Waals surface area (Å²) < 4.78 is 6.59. The molecular formula is C7H8N2O. The largest absolute Gasteiger partial charge is 0.398 e. The van der Waals surface area contributed by atoms with E-state index in [2.05, 4.69) is 0 Å². The molecule has 0 fully saturated rings. The summed E-state index contributed by atoms with van der Waals surface area (Å²) in [6.45, 7) is 0. The lowest BCUT2D eigenvalue weighted by Gasteiger charge is -1.97. The van der Waals surface area contributed by atoms with Gasteiger partial charge in [0.25, 0.3) is 5.91 Å². The molecule has 0 bridgehead atoms. The molecule has 52 valence electrons. The lowest BCUT2D eigenvalue weighted by Crippen LogP contribution is -2.12. The molecule has 1 rings (SSSR count). The van der Waals surface area contributed by atoms with Crippen LogP contribution in [-0.4, -0.2) is 5.91 Å². The number of rotatable bonds is 1. The average molecular weight is 137 g/mol. The fourth-order valence-corrected chi connectivity index (χ4v) is 0.704. The summed E-state index contributed by atoms with van der Waals surface area (Å²) >= 11 is 0. The molecule has 0 aliphatic carbocycles. The van der Waals surface area contributed by atoms with Gasteiger partial charge in [-0.1, -0.05) is 12.1 Å². The van der Waals surface area contributed by atoms with Crippen molar-refractivity contribution in [1.82, 2.24) is 0 Å². The van der Waals surface area contributed by atoms with E-state index in [0.29, 0.717) is 11.3 Å². The van der Waals surface area contributed by atoms with E-state index < -0.39 is 5.91 Å². The van der Waals surface area contributed by atoms with Gasteiger partial charge in [0, 0.05) is 5.69 Å². The zero-order valence-electron chi connectivity index (χ0n) is 6.29. The monoisotopic (exact) mass is 137 g/mol. The molecule has 1 aromatic carbocycles. The molecule has 0 aliphatic heterocycles. The van der Waals surface area contributed by atoms with Crippen molar-refractivity contribution in [2.75, 3.05) is 5.73 Å². The van der Waals surface area contributed by atoms with Crippen LogP contribution in [0.15, 0.2) is 24.3 Å². The maximum absolute atomic E-state index is 10.9. The number of hydrogen-bond donors (Lipinski definition) is 2. The maximum atomic E-state index is 10.9. The zero-order chi connectivity index (χ0) is 8.27. The molecule has 0 aromatic heterocycles. The van der Waals surface area contributed by atoms with Crippen LogP contribution in [-0.2, 0) is 0 Å². The van der Waals surface area contributed by atoms with Gasteiger partial charge in [-0.3, -0.25) is 4.79 Å². The maximum Gasteiger partial charge on any atom is 0.250 e. The third-order valence-corrected chi connectivity index (χ3v) is 1.21. The quantitative estimate of drug-likeness (QED) is 0.549. The van der Waals surface area contributed by atoms with Crippen molar-refractivity contribution in [3.63, 3.8) is 0 Å². The van der Waals surface area contributed by atoms with E-state index in [0.717, 1.165) is 0 Å². The van der Waals surface area contributed by atoms with Crippen molar-refractivity contribution in [2.45, 2.75) is 0 Å². The number of benzene rings is 1. The summed E-state index contributed by atoms with van der Waals surface area (Å²) in [6.07, 6.45) is 0. The summed E-state index contributed by atoms with van der Waals surface area (Å²) in [5.41, 5.74) is 7.93. The fourth-order valence-electron chi connectivity index (χ4n) is 0.704. The van der Waals surface area contributed by atoms with Gasteiger partial charge in [-0.25, -0.2) is 0 Å². The van der Waals surface area contributed by atoms with Gasteiger partial charge in [0.2, 0.25) is 0 Å². The van der Waals surface area contributed by atoms with E-state index in [1.165, 1.54) is 0 Å². The van der Waals surface area contributed by atoms with Gasteiger partial charge in [0.15, 0.2) is 1.41 Å². The zero-order valence-corrected chi connectivity index (χ0v) is 5.29. The molecule has 0 aliphatic rings. The van der Waals surface area contributed by atoms with Crippen molar-refractivity contribution < 1.29 is 6.21 Å². The predicted octanol–water partition coefficient (Wildman–Crippen LogP) is 0.368. The number of para-hydroxylation sites is 1. The van der Waals surface area contributed by atoms with Crippen LogP contribution in [0.1, 0.15) is 10.4 Å². The molecule has 1 amide bonds. The molecule has 0 spiro atoms. The van der Waals surface area contributed by atoms with Crippen LogP contribution in [0.2, 0.25) is 1.41 Å². The van der Waals surface area contributed by atoms with Crippen LogP contribution < -0.4 is 11.5 Å². The predicted molar refractivity (Wildman–Crippen MR) is 39.4 cm³/mol. The van der Waals surface area contributed by atoms with Gasteiger partial charge in [-0.05, 0) is 12.1 Å². The third-order valence-electron chi connectivity index (χ3n) is 1.21. The number of nitrogen functional groups attached to an aromatic ring is 1. The second kappa shape index (κ2) is 2.39. The number of hydrogen-bond acceptors (Lipinski definition) is 2. The SMILES string of the molecule is [2H]NC(=O)c1ccccc1N. The van der Waals surface area contributed by atoms with Crippen LogP contribution >= 0.6 is 0 Å². The van der Waals surface area contributed by atoms with E-state index in [9.17, 15) is 4.79 Å². The van der Waals surface area contributed by atoms with Crippen molar-refractivity contribution in [1.29, 1.82) is 0 Å².